The van der Waals surface area contributed by atoms with Crippen molar-refractivity contribution in [2.75, 3.05) is 4.90 Å². The molecule has 0 N–H and O–H groups in total. The van der Waals surface area contributed by atoms with E-state index < -0.39 is 4.92 Å². The molecular weight excluding hydrogens is 455 g/mol. The summed E-state index contributed by atoms with van der Waals surface area (Å²) in [6.45, 7) is 0. The third-order valence-electron chi connectivity index (χ3n) is 4.81. The fraction of sp³-hybridized carbons (Fsp3) is 0.0952. The third-order valence-corrected chi connectivity index (χ3v) is 5.53. The van der Waals surface area contributed by atoms with Gasteiger partial charge in [-0.15, -0.1) is 0 Å². The largest absolute Gasteiger partial charge is 0.303 e. The normalized spacial score (nSPS) is 18.9. The number of amides is 1. The summed E-state index contributed by atoms with van der Waals surface area (Å²) in [6.07, 6.45) is 0. The van der Waals surface area contributed by atoms with Crippen LogP contribution in [0.2, 0.25) is 0 Å². The number of rotatable bonds is 4. The lowest BCUT2D eigenvalue weighted by Crippen LogP contribution is -2.53. The minimum Gasteiger partial charge on any atom is -0.303 e. The van der Waals surface area contributed by atoms with Gasteiger partial charge in [-0.05, 0) is 58.0 Å². The molecule has 134 valence electrons. The minimum atomic E-state index is -0.415. The van der Waals surface area contributed by atoms with Crippen LogP contribution in [0.4, 0.5) is 11.4 Å². The van der Waals surface area contributed by atoms with E-state index in [0.29, 0.717) is 0 Å². The smallest absolute Gasteiger partial charge is 0.269 e. The first kappa shape index (κ1) is 17.7. The highest BCUT2D eigenvalue weighted by molar-refractivity contribution is 14.1. The second-order valence-corrected chi connectivity index (χ2v) is 7.61. The van der Waals surface area contributed by atoms with Crippen molar-refractivity contribution in [2.45, 2.75) is 12.0 Å². The molecule has 1 aliphatic rings. The van der Waals surface area contributed by atoms with Crippen molar-refractivity contribution in [3.05, 3.63) is 104 Å². The number of nitrogens with zero attached hydrogens (tertiary/aromatic N) is 2. The van der Waals surface area contributed by atoms with Gasteiger partial charge in [0.2, 0.25) is 5.91 Å². The summed E-state index contributed by atoms with van der Waals surface area (Å²) < 4.78 is 1.09. The van der Waals surface area contributed by atoms with E-state index in [1.807, 2.05) is 54.6 Å². The summed E-state index contributed by atoms with van der Waals surface area (Å²) in [5, 5.41) is 11.0. The second-order valence-electron chi connectivity index (χ2n) is 6.37. The summed E-state index contributed by atoms with van der Waals surface area (Å²) in [5.74, 6) is -0.266. The Kier molecular flexibility index (Phi) is 4.65. The number of non-ortho nitro benzene ring substituents is 1. The quantitative estimate of drug-likeness (QED) is 0.232. The van der Waals surface area contributed by atoms with E-state index in [1.54, 1.807) is 17.0 Å². The maximum absolute atomic E-state index is 13.0. The van der Waals surface area contributed by atoms with Gasteiger partial charge in [-0.3, -0.25) is 14.9 Å². The van der Waals surface area contributed by atoms with Gasteiger partial charge in [-0.1, -0.05) is 42.5 Å². The monoisotopic (exact) mass is 470 g/mol. The van der Waals surface area contributed by atoms with Crippen LogP contribution < -0.4 is 4.90 Å². The van der Waals surface area contributed by atoms with E-state index in [2.05, 4.69) is 22.6 Å². The summed E-state index contributed by atoms with van der Waals surface area (Å²) in [7, 11) is 0. The summed E-state index contributed by atoms with van der Waals surface area (Å²) in [5.41, 5.74) is 2.71. The lowest BCUT2D eigenvalue weighted by molar-refractivity contribution is -0.384. The van der Waals surface area contributed by atoms with Crippen LogP contribution in [0.5, 0.6) is 0 Å². The van der Waals surface area contributed by atoms with Gasteiger partial charge in [0, 0.05) is 21.4 Å². The fourth-order valence-electron chi connectivity index (χ4n) is 3.50. The Morgan fingerprint density at radius 3 is 2.07 bits per heavy atom. The second kappa shape index (κ2) is 7.11. The first-order chi connectivity index (χ1) is 13.1. The van der Waals surface area contributed by atoms with Crippen LogP contribution in [-0.4, -0.2) is 10.8 Å². The Hall–Kier alpha value is -2.74. The fourth-order valence-corrected chi connectivity index (χ4v) is 3.86. The van der Waals surface area contributed by atoms with Gasteiger partial charge in [-0.2, -0.15) is 0 Å². The highest BCUT2D eigenvalue weighted by atomic mass is 127. The van der Waals surface area contributed by atoms with E-state index in [-0.39, 0.29) is 23.6 Å². The molecule has 0 radical (unpaired) electrons. The van der Waals surface area contributed by atoms with Crippen LogP contribution in [0.3, 0.4) is 0 Å². The number of benzene rings is 3. The minimum absolute atomic E-state index is 0.0331. The molecule has 3 aromatic rings. The number of hydrogen-bond acceptors (Lipinski definition) is 3. The van der Waals surface area contributed by atoms with Crippen molar-refractivity contribution in [3.63, 3.8) is 0 Å². The zero-order valence-corrected chi connectivity index (χ0v) is 16.3. The molecule has 0 saturated carbocycles. The lowest BCUT2D eigenvalue weighted by atomic mass is 9.77. The Balaban J connectivity index is 1.76. The van der Waals surface area contributed by atoms with E-state index in [0.717, 1.165) is 20.4 Å². The molecule has 2 atom stereocenters. The van der Waals surface area contributed by atoms with Crippen molar-refractivity contribution < 1.29 is 9.72 Å². The highest BCUT2D eigenvalue weighted by Crippen LogP contribution is 2.49. The molecule has 3 aromatic carbocycles. The topological polar surface area (TPSA) is 63.4 Å². The average Bonchev–Trinajstić information content (AvgIpc) is 2.68. The van der Waals surface area contributed by atoms with Gasteiger partial charge in [0.15, 0.2) is 0 Å². The number of nitro groups is 1. The summed E-state index contributed by atoms with van der Waals surface area (Å²) in [6, 6.07) is 23.7. The van der Waals surface area contributed by atoms with Crippen LogP contribution >= 0.6 is 22.6 Å². The standard InChI is InChI=1S/C21H15IN2O3/c22-16-8-12-17(13-9-16)23-20(15-6-10-18(11-7-15)24(26)27)19(21(23)25)14-4-2-1-3-5-14/h1-13,19-20H. The van der Waals surface area contributed by atoms with E-state index >= 15 is 0 Å². The first-order valence-electron chi connectivity index (χ1n) is 8.44. The van der Waals surface area contributed by atoms with Crippen LogP contribution in [0.25, 0.3) is 0 Å². The van der Waals surface area contributed by atoms with Crippen LogP contribution in [-0.2, 0) is 4.79 Å². The molecule has 0 aliphatic carbocycles. The molecule has 6 heteroatoms. The summed E-state index contributed by atoms with van der Waals surface area (Å²) >= 11 is 2.23. The van der Waals surface area contributed by atoms with Crippen molar-refractivity contribution in [2.24, 2.45) is 0 Å². The molecule has 0 spiro atoms. The molecule has 1 aliphatic heterocycles. The van der Waals surface area contributed by atoms with Crippen LogP contribution in [0, 0.1) is 13.7 Å². The summed E-state index contributed by atoms with van der Waals surface area (Å²) in [4.78, 5) is 25.3. The number of hydrogen-bond donors (Lipinski definition) is 0. The number of carbonyl (C=O) groups excluding carboxylic acids is 1. The molecule has 1 heterocycles. The number of halogens is 1. The number of carbonyl (C=O) groups is 1. The van der Waals surface area contributed by atoms with Crippen LogP contribution in [0.1, 0.15) is 23.1 Å². The van der Waals surface area contributed by atoms with Gasteiger partial charge in [0.25, 0.3) is 5.69 Å². The molecule has 1 amide bonds. The highest BCUT2D eigenvalue weighted by Gasteiger charge is 2.49. The van der Waals surface area contributed by atoms with Crippen LogP contribution in [0.15, 0.2) is 78.9 Å². The third kappa shape index (κ3) is 3.21. The molecule has 1 fully saturated rings. The molecule has 2 unspecified atom stereocenters. The molecule has 4 rings (SSSR count). The first-order valence-corrected chi connectivity index (χ1v) is 9.52. The molecular formula is C21H15IN2O3. The number of nitro benzene ring substituents is 1. The van der Waals surface area contributed by atoms with Crippen molar-refractivity contribution in [1.29, 1.82) is 0 Å². The Morgan fingerprint density at radius 1 is 0.852 bits per heavy atom. The van der Waals surface area contributed by atoms with Crippen molar-refractivity contribution in [1.82, 2.24) is 0 Å². The zero-order valence-electron chi connectivity index (χ0n) is 14.2. The predicted octanol–water partition coefficient (Wildman–Crippen LogP) is 5.07. The Labute approximate surface area is 169 Å². The van der Waals surface area contributed by atoms with Gasteiger partial charge >= 0.3 is 0 Å². The van der Waals surface area contributed by atoms with E-state index in [9.17, 15) is 14.9 Å². The van der Waals surface area contributed by atoms with Gasteiger partial charge in [-0.25, -0.2) is 0 Å². The maximum atomic E-state index is 13.0. The average molecular weight is 470 g/mol. The Morgan fingerprint density at radius 2 is 1.48 bits per heavy atom. The number of β-lactam (4-membered cyclic amide) rings is 1. The van der Waals surface area contributed by atoms with Gasteiger partial charge in [0.05, 0.1) is 16.9 Å². The van der Waals surface area contributed by atoms with Crippen molar-refractivity contribution >= 4 is 39.9 Å². The maximum Gasteiger partial charge on any atom is 0.269 e. The molecule has 0 aromatic heterocycles. The molecule has 0 bridgehead atoms. The van der Waals surface area contributed by atoms with Gasteiger partial charge < -0.3 is 4.90 Å². The zero-order chi connectivity index (χ0) is 19.0. The lowest BCUT2D eigenvalue weighted by Gasteiger charge is -2.47. The molecule has 1 saturated heterocycles. The van der Waals surface area contributed by atoms with E-state index in [4.69, 9.17) is 0 Å². The van der Waals surface area contributed by atoms with Crippen molar-refractivity contribution in [3.8, 4) is 0 Å². The molecule has 5 nitrogen and oxygen atoms in total. The number of anilines is 1. The molecule has 27 heavy (non-hydrogen) atoms. The van der Waals surface area contributed by atoms with Gasteiger partial charge in [0.1, 0.15) is 0 Å². The SMILES string of the molecule is O=C1C(c2ccccc2)C(c2ccc([N+](=O)[O-])cc2)N1c1ccc(I)cc1. The Bertz CT molecular complexity index is 988. The predicted molar refractivity (Wildman–Crippen MR) is 112 cm³/mol. The van der Waals surface area contributed by atoms with E-state index in [1.165, 1.54) is 12.1 Å².